The van der Waals surface area contributed by atoms with Crippen molar-refractivity contribution < 1.29 is 9.53 Å². The van der Waals surface area contributed by atoms with E-state index in [4.69, 9.17) is 4.74 Å². The molecule has 0 aromatic heterocycles. The Balaban J connectivity index is 1.43. The molecule has 3 aliphatic rings. The van der Waals surface area contributed by atoms with Crippen LogP contribution in [0.1, 0.15) is 39.5 Å². The molecule has 3 rings (SSSR count). The van der Waals surface area contributed by atoms with Gasteiger partial charge < -0.3 is 9.64 Å². The topological polar surface area (TPSA) is 51.5 Å². The number of piperidine rings is 1. The monoisotopic (exact) mass is 252 g/mol. The predicted octanol–water partition coefficient (Wildman–Crippen LogP) is 1.15. The molecule has 1 amide bonds. The van der Waals surface area contributed by atoms with E-state index in [0.717, 1.165) is 31.8 Å². The van der Waals surface area contributed by atoms with Gasteiger partial charge in [-0.15, -0.1) is 0 Å². The minimum absolute atomic E-state index is 0.139. The average Bonchev–Trinajstić information content (AvgIpc) is 3.19. The van der Waals surface area contributed by atoms with Crippen LogP contribution in [0, 0.1) is 5.92 Å². The summed E-state index contributed by atoms with van der Waals surface area (Å²) in [6.07, 6.45) is 5.24. The summed E-state index contributed by atoms with van der Waals surface area (Å²) in [5.74, 6) is 1.12. The molecule has 1 saturated carbocycles. The molecule has 4 heteroatoms. The van der Waals surface area contributed by atoms with Crippen molar-refractivity contribution in [1.82, 2.24) is 10.2 Å². The molecule has 3 fully saturated rings. The van der Waals surface area contributed by atoms with Crippen LogP contribution in [0.2, 0.25) is 0 Å². The van der Waals surface area contributed by atoms with Gasteiger partial charge in [0.15, 0.2) is 0 Å². The molecule has 4 nitrogen and oxygen atoms in total. The molecule has 2 saturated heterocycles. The van der Waals surface area contributed by atoms with E-state index < -0.39 is 0 Å². The predicted molar refractivity (Wildman–Crippen MR) is 69.3 cm³/mol. The maximum Gasteiger partial charge on any atom is 0.241 e. The van der Waals surface area contributed by atoms with E-state index in [9.17, 15) is 4.79 Å². The Morgan fingerprint density at radius 3 is 2.44 bits per heavy atom. The minimum atomic E-state index is 0.139. The van der Waals surface area contributed by atoms with Gasteiger partial charge in [-0.1, -0.05) is 0 Å². The van der Waals surface area contributed by atoms with Gasteiger partial charge in [0.2, 0.25) is 5.91 Å². The van der Waals surface area contributed by atoms with Gasteiger partial charge in [0.05, 0.1) is 12.2 Å². The summed E-state index contributed by atoms with van der Waals surface area (Å²) in [7, 11) is 0. The smallest absolute Gasteiger partial charge is 0.241 e. The normalized spacial score (nSPS) is 32.9. The Morgan fingerprint density at radius 2 is 1.89 bits per heavy atom. The standard InChI is InChI=1S/C14H24N2O2/c1-9(2)18-11-5-7-16(8-6-11)14(17)13-12(15-13)10-3-4-10/h9-13,15H,3-8H2,1-2H3/t12-,13+/m0/s1. The number of nitrogens with one attached hydrogen (secondary N) is 1. The summed E-state index contributed by atoms with van der Waals surface area (Å²) in [5.41, 5.74) is 0. The number of likely N-dealkylation sites (tertiary alicyclic amines) is 1. The first-order valence-electron chi connectivity index (χ1n) is 7.35. The third-order valence-corrected chi connectivity index (χ3v) is 4.24. The molecule has 0 aromatic carbocycles. The number of carbonyl (C=O) groups excluding carboxylic acids is 1. The second-order valence-electron chi connectivity index (χ2n) is 6.22. The zero-order valence-corrected chi connectivity index (χ0v) is 11.4. The van der Waals surface area contributed by atoms with Crippen LogP contribution in [-0.4, -0.2) is 48.2 Å². The lowest BCUT2D eigenvalue weighted by Gasteiger charge is -2.32. The molecule has 0 bridgehead atoms. The summed E-state index contributed by atoms with van der Waals surface area (Å²) in [6.45, 7) is 5.88. The second kappa shape index (κ2) is 4.82. The number of rotatable bonds is 4. The fourth-order valence-corrected chi connectivity index (χ4v) is 3.03. The van der Waals surface area contributed by atoms with Gasteiger partial charge in [0, 0.05) is 19.1 Å². The van der Waals surface area contributed by atoms with E-state index in [1.54, 1.807) is 0 Å². The molecule has 0 radical (unpaired) electrons. The highest BCUT2D eigenvalue weighted by Gasteiger charge is 2.52. The molecular formula is C14H24N2O2. The molecule has 2 aliphatic heterocycles. The quantitative estimate of drug-likeness (QED) is 0.764. The zero-order chi connectivity index (χ0) is 12.7. The minimum Gasteiger partial charge on any atom is -0.375 e. The average molecular weight is 252 g/mol. The van der Waals surface area contributed by atoms with Gasteiger partial charge in [0.25, 0.3) is 0 Å². The first-order valence-corrected chi connectivity index (χ1v) is 7.35. The Labute approximate surface area is 109 Å². The third-order valence-electron chi connectivity index (χ3n) is 4.24. The van der Waals surface area contributed by atoms with Crippen LogP contribution in [0.15, 0.2) is 0 Å². The van der Waals surface area contributed by atoms with Gasteiger partial charge in [-0.25, -0.2) is 0 Å². The lowest BCUT2D eigenvalue weighted by atomic mass is 10.1. The number of hydrogen-bond acceptors (Lipinski definition) is 3. The zero-order valence-electron chi connectivity index (χ0n) is 11.4. The van der Waals surface area contributed by atoms with Crippen molar-refractivity contribution in [3.8, 4) is 0 Å². The van der Waals surface area contributed by atoms with Crippen LogP contribution < -0.4 is 5.32 Å². The molecule has 2 atom stereocenters. The fraction of sp³-hybridized carbons (Fsp3) is 0.929. The van der Waals surface area contributed by atoms with Crippen molar-refractivity contribution in [2.45, 2.75) is 63.8 Å². The van der Waals surface area contributed by atoms with E-state index in [-0.39, 0.29) is 6.04 Å². The summed E-state index contributed by atoms with van der Waals surface area (Å²) in [4.78, 5) is 14.3. The van der Waals surface area contributed by atoms with Crippen LogP contribution in [0.25, 0.3) is 0 Å². The van der Waals surface area contributed by atoms with Crippen LogP contribution >= 0.6 is 0 Å². The van der Waals surface area contributed by atoms with Crippen molar-refractivity contribution in [3.63, 3.8) is 0 Å². The molecule has 1 aliphatic carbocycles. The fourth-order valence-electron chi connectivity index (χ4n) is 3.03. The van der Waals surface area contributed by atoms with Crippen LogP contribution in [0.5, 0.6) is 0 Å². The van der Waals surface area contributed by atoms with E-state index >= 15 is 0 Å². The number of ether oxygens (including phenoxy) is 1. The first-order chi connectivity index (χ1) is 8.65. The molecule has 18 heavy (non-hydrogen) atoms. The second-order valence-corrected chi connectivity index (χ2v) is 6.22. The lowest BCUT2D eigenvalue weighted by Crippen LogP contribution is -2.44. The Kier molecular flexibility index (Phi) is 3.32. The molecule has 0 spiro atoms. The maximum atomic E-state index is 12.3. The van der Waals surface area contributed by atoms with E-state index in [0.29, 0.717) is 24.2 Å². The SMILES string of the molecule is CC(C)OC1CCN(C(=O)[C@@H]2N[C@H]2C2CC2)CC1. The van der Waals surface area contributed by atoms with Gasteiger partial charge >= 0.3 is 0 Å². The highest BCUT2D eigenvalue weighted by atomic mass is 16.5. The van der Waals surface area contributed by atoms with Crippen molar-refractivity contribution in [1.29, 1.82) is 0 Å². The lowest BCUT2D eigenvalue weighted by molar-refractivity contribution is -0.133. The Hall–Kier alpha value is -0.610. The number of amides is 1. The summed E-state index contributed by atoms with van der Waals surface area (Å²) in [6, 6.07) is 0.641. The number of hydrogen-bond donors (Lipinski definition) is 1. The van der Waals surface area contributed by atoms with Crippen LogP contribution in [0.4, 0.5) is 0 Å². The van der Waals surface area contributed by atoms with Crippen molar-refractivity contribution in [2.24, 2.45) is 5.92 Å². The summed E-state index contributed by atoms with van der Waals surface area (Å²) >= 11 is 0. The van der Waals surface area contributed by atoms with E-state index in [1.807, 2.05) is 4.90 Å². The van der Waals surface area contributed by atoms with Crippen LogP contribution in [0.3, 0.4) is 0 Å². The van der Waals surface area contributed by atoms with Gasteiger partial charge in [-0.3, -0.25) is 10.1 Å². The Bertz CT molecular complexity index is 320. The van der Waals surface area contributed by atoms with Gasteiger partial charge in [-0.2, -0.15) is 0 Å². The van der Waals surface area contributed by atoms with Crippen molar-refractivity contribution in [3.05, 3.63) is 0 Å². The highest BCUT2D eigenvalue weighted by molar-refractivity contribution is 5.86. The third kappa shape index (κ3) is 2.69. The van der Waals surface area contributed by atoms with Crippen molar-refractivity contribution in [2.75, 3.05) is 13.1 Å². The highest BCUT2D eigenvalue weighted by Crippen LogP contribution is 2.40. The molecular weight excluding hydrogens is 228 g/mol. The van der Waals surface area contributed by atoms with Gasteiger partial charge in [0.1, 0.15) is 6.04 Å². The maximum absolute atomic E-state index is 12.3. The molecule has 102 valence electrons. The van der Waals surface area contributed by atoms with E-state index in [2.05, 4.69) is 19.2 Å². The number of nitrogens with zero attached hydrogens (tertiary/aromatic N) is 1. The van der Waals surface area contributed by atoms with Crippen LogP contribution in [-0.2, 0) is 9.53 Å². The van der Waals surface area contributed by atoms with Crippen molar-refractivity contribution >= 4 is 5.91 Å². The number of carbonyl (C=O) groups is 1. The molecule has 2 heterocycles. The van der Waals surface area contributed by atoms with E-state index in [1.165, 1.54) is 12.8 Å². The molecule has 0 unspecified atom stereocenters. The molecule has 0 aromatic rings. The van der Waals surface area contributed by atoms with Gasteiger partial charge in [-0.05, 0) is 45.4 Å². The summed E-state index contributed by atoms with van der Waals surface area (Å²) in [5, 5.41) is 3.35. The first kappa shape index (κ1) is 12.4. The largest absolute Gasteiger partial charge is 0.375 e. The summed E-state index contributed by atoms with van der Waals surface area (Å²) < 4.78 is 5.81. The Morgan fingerprint density at radius 1 is 1.22 bits per heavy atom. The molecule has 1 N–H and O–H groups in total.